The van der Waals surface area contributed by atoms with Crippen LogP contribution >= 0.6 is 0 Å². The summed E-state index contributed by atoms with van der Waals surface area (Å²) in [5, 5.41) is 0. The summed E-state index contributed by atoms with van der Waals surface area (Å²) in [5.41, 5.74) is 2.18. The van der Waals surface area contributed by atoms with Crippen LogP contribution in [0, 0.1) is 0 Å². The van der Waals surface area contributed by atoms with Gasteiger partial charge in [0.25, 0.3) is 5.91 Å². The van der Waals surface area contributed by atoms with Crippen LogP contribution < -0.4 is 33.3 Å². The predicted molar refractivity (Wildman–Crippen MR) is 151 cm³/mol. The van der Waals surface area contributed by atoms with E-state index in [1.165, 1.54) is 69.6 Å². The van der Waals surface area contributed by atoms with E-state index in [0.29, 0.717) is 12.2 Å². The van der Waals surface area contributed by atoms with Crippen molar-refractivity contribution in [2.45, 2.75) is 111 Å². The molecule has 0 bridgehead atoms. The predicted octanol–water partition coefficient (Wildman–Crippen LogP) is 4.30. The van der Waals surface area contributed by atoms with E-state index in [4.69, 9.17) is 4.74 Å². The van der Waals surface area contributed by atoms with Crippen molar-refractivity contribution in [3.8, 4) is 5.75 Å². The summed E-state index contributed by atoms with van der Waals surface area (Å²) in [6.07, 6.45) is 14.8. The van der Waals surface area contributed by atoms with Gasteiger partial charge in [-0.25, -0.2) is 4.57 Å². The molecule has 38 heavy (non-hydrogen) atoms. The average molecular weight is 637 g/mol. The first kappa shape index (κ1) is 34.1. The van der Waals surface area contributed by atoms with Crippen molar-refractivity contribution in [2.75, 3.05) is 6.61 Å². The third kappa shape index (κ3) is 11.4. The van der Waals surface area contributed by atoms with Crippen LogP contribution in [0.1, 0.15) is 120 Å². The van der Waals surface area contributed by atoms with Crippen LogP contribution in [0.25, 0.3) is 0 Å². The Morgan fingerprint density at radius 1 is 0.895 bits per heavy atom. The van der Waals surface area contributed by atoms with Gasteiger partial charge >= 0.3 is 0 Å². The number of nitrogens with zero attached hydrogens (tertiary/aromatic N) is 2. The van der Waals surface area contributed by atoms with E-state index in [1.807, 2.05) is 48.1 Å². The van der Waals surface area contributed by atoms with Gasteiger partial charge in [0.2, 0.25) is 11.6 Å². The summed E-state index contributed by atoms with van der Waals surface area (Å²) in [7, 11) is 1.91. The van der Waals surface area contributed by atoms with Crippen LogP contribution in [0.5, 0.6) is 5.75 Å². The number of aryl methyl sites for hydroxylation is 1. The van der Waals surface area contributed by atoms with Gasteiger partial charge in [-0.1, -0.05) is 91.5 Å². The number of ether oxygens (including phenoxy) is 1. The molecule has 1 aromatic carbocycles. The van der Waals surface area contributed by atoms with Crippen molar-refractivity contribution >= 4 is 11.8 Å². The number of amides is 2. The molecule has 0 saturated carbocycles. The van der Waals surface area contributed by atoms with Gasteiger partial charge in [-0.3, -0.25) is 14.5 Å². The van der Waals surface area contributed by atoms with E-state index in [9.17, 15) is 9.59 Å². The zero-order chi connectivity index (χ0) is 27.3. The Morgan fingerprint density at radius 3 is 2.05 bits per heavy atom. The van der Waals surface area contributed by atoms with Gasteiger partial charge in [-0.15, -0.1) is 0 Å². The molecule has 2 aromatic rings. The lowest BCUT2D eigenvalue weighted by molar-refractivity contribution is -0.679. The Balaban J connectivity index is 0.00000722. The molecule has 5 nitrogen and oxygen atoms in total. The van der Waals surface area contributed by atoms with E-state index in [0.717, 1.165) is 23.4 Å². The van der Waals surface area contributed by atoms with Crippen LogP contribution in [0.4, 0.5) is 0 Å². The number of hydrogen-bond acceptors (Lipinski definition) is 3. The number of rotatable bonds is 15. The summed E-state index contributed by atoms with van der Waals surface area (Å²) in [6.45, 7) is 11.0. The number of halogens is 1. The van der Waals surface area contributed by atoms with Crippen molar-refractivity contribution in [3.05, 3.63) is 59.4 Å². The fourth-order valence-corrected chi connectivity index (χ4v) is 4.51. The number of hydrogen-bond donors (Lipinski definition) is 0. The van der Waals surface area contributed by atoms with Crippen molar-refractivity contribution < 1.29 is 42.9 Å². The maximum Gasteiger partial charge on any atom is 0.260 e. The van der Waals surface area contributed by atoms with Crippen molar-refractivity contribution in [2.24, 2.45) is 7.05 Å². The monoisotopic (exact) mass is 636 g/mol. The second kappa shape index (κ2) is 17.6. The second-order valence-electron chi connectivity index (χ2n) is 11.2. The number of carbonyl (C=O) groups is 2. The first-order valence-corrected chi connectivity index (χ1v) is 14.2. The van der Waals surface area contributed by atoms with Crippen LogP contribution in [-0.4, -0.2) is 23.3 Å². The number of carbonyl (C=O) groups excluding carboxylic acids is 2. The lowest BCUT2D eigenvalue weighted by atomic mass is 9.85. The van der Waals surface area contributed by atoms with Gasteiger partial charge in [0.15, 0.2) is 6.20 Å². The molecule has 0 radical (unpaired) electrons. The number of unbranched alkanes of at least 4 members (excludes halogenated alkanes) is 9. The summed E-state index contributed by atoms with van der Waals surface area (Å²) < 4.78 is 8.12. The molecule has 1 heterocycles. The molecular weight excluding hydrogens is 587 g/mol. The van der Waals surface area contributed by atoms with Crippen LogP contribution in [-0.2, 0) is 23.8 Å². The van der Waals surface area contributed by atoms with Gasteiger partial charge < -0.3 is 28.7 Å². The molecular formula is C32H49IN2O3. The molecule has 0 aliphatic rings. The van der Waals surface area contributed by atoms with Gasteiger partial charge in [0.1, 0.15) is 19.3 Å². The van der Waals surface area contributed by atoms with Crippen molar-refractivity contribution in [3.63, 3.8) is 0 Å². The summed E-state index contributed by atoms with van der Waals surface area (Å²) >= 11 is 0. The Labute approximate surface area is 248 Å². The molecule has 0 aliphatic carbocycles. The summed E-state index contributed by atoms with van der Waals surface area (Å²) in [6, 6.07) is 11.3. The second-order valence-corrected chi connectivity index (χ2v) is 11.2. The van der Waals surface area contributed by atoms with Gasteiger partial charge in [-0.2, -0.15) is 0 Å². The van der Waals surface area contributed by atoms with Gasteiger partial charge in [-0.05, 0) is 30.0 Å². The molecule has 0 aliphatic heterocycles. The Hall–Kier alpha value is -1.96. The smallest absolute Gasteiger partial charge is 0.260 e. The lowest BCUT2D eigenvalue weighted by Crippen LogP contribution is -3.00. The fourth-order valence-electron chi connectivity index (χ4n) is 4.51. The highest BCUT2D eigenvalue weighted by atomic mass is 127. The summed E-state index contributed by atoms with van der Waals surface area (Å²) in [5.74, 6) is 0.263. The van der Waals surface area contributed by atoms with Crippen molar-refractivity contribution in [1.29, 1.82) is 0 Å². The molecule has 2 amide bonds. The molecule has 0 atom stereocenters. The normalized spacial score (nSPS) is 11.1. The Morgan fingerprint density at radius 2 is 1.50 bits per heavy atom. The minimum atomic E-state index is -0.289. The first-order valence-electron chi connectivity index (χ1n) is 14.2. The van der Waals surface area contributed by atoms with E-state index in [-0.39, 0.29) is 47.8 Å². The number of aromatic nitrogens is 1. The van der Waals surface area contributed by atoms with E-state index in [1.54, 1.807) is 6.07 Å². The minimum absolute atomic E-state index is 0. The van der Waals surface area contributed by atoms with E-state index >= 15 is 0 Å². The summed E-state index contributed by atoms with van der Waals surface area (Å²) in [4.78, 5) is 27.1. The number of pyridine rings is 1. The minimum Gasteiger partial charge on any atom is -1.00 e. The van der Waals surface area contributed by atoms with Gasteiger partial charge in [0, 0.05) is 30.2 Å². The van der Waals surface area contributed by atoms with E-state index in [2.05, 4.69) is 27.7 Å². The molecule has 212 valence electrons. The highest BCUT2D eigenvalue weighted by Crippen LogP contribution is 2.33. The third-order valence-corrected chi connectivity index (χ3v) is 6.90. The SMILES string of the molecule is CCCCCCCCCCCCOc1ccc(C(=O)N(Cc2cccc[n+]2C)C(C)=O)cc1C(C)(C)C.[I-]. The molecule has 0 spiro atoms. The third-order valence-electron chi connectivity index (χ3n) is 6.90. The molecule has 0 saturated heterocycles. The topological polar surface area (TPSA) is 50.5 Å². The Bertz CT molecular complexity index is 1000. The molecule has 1 aromatic heterocycles. The standard InChI is InChI=1S/C32H49N2O3.HI/c1-7-8-9-10-11-12-13-14-15-18-23-37-30-21-20-27(24-29(30)32(3,4)5)31(36)34(26(2)35)25-28-19-16-17-22-33(28)6;/h16-17,19-22,24H,7-15,18,23,25H2,1-6H3;1H/q+1;/p-1. The van der Waals surface area contributed by atoms with Crippen LogP contribution in [0.3, 0.4) is 0 Å². The molecule has 6 heteroatoms. The Kier molecular flexibility index (Phi) is 15.8. The highest BCUT2D eigenvalue weighted by Gasteiger charge is 2.26. The maximum absolute atomic E-state index is 13.4. The maximum atomic E-state index is 13.4. The average Bonchev–Trinajstić information content (AvgIpc) is 2.85. The molecule has 0 N–H and O–H groups in total. The van der Waals surface area contributed by atoms with Crippen LogP contribution in [0.2, 0.25) is 0 Å². The van der Waals surface area contributed by atoms with Crippen molar-refractivity contribution in [1.82, 2.24) is 4.90 Å². The molecule has 0 unspecified atom stereocenters. The highest BCUT2D eigenvalue weighted by molar-refractivity contribution is 6.04. The lowest BCUT2D eigenvalue weighted by Gasteiger charge is -2.25. The van der Waals surface area contributed by atoms with E-state index < -0.39 is 0 Å². The number of benzene rings is 1. The number of imide groups is 1. The zero-order valence-corrected chi connectivity index (χ0v) is 26.7. The van der Waals surface area contributed by atoms with Crippen LogP contribution in [0.15, 0.2) is 42.6 Å². The quantitative estimate of drug-likeness (QED) is 0.167. The first-order chi connectivity index (χ1) is 17.6. The fraction of sp³-hybridized carbons (Fsp3) is 0.594. The van der Waals surface area contributed by atoms with Gasteiger partial charge in [0.05, 0.1) is 6.61 Å². The largest absolute Gasteiger partial charge is 1.00 e. The molecule has 0 fully saturated rings. The zero-order valence-electron chi connectivity index (χ0n) is 24.5. The molecule has 2 rings (SSSR count).